The summed E-state index contributed by atoms with van der Waals surface area (Å²) in [7, 11) is -4.02. The Kier molecular flexibility index (Phi) is 13.1. The fourth-order valence-corrected chi connectivity index (χ4v) is 5.90. The summed E-state index contributed by atoms with van der Waals surface area (Å²) >= 11 is 0. The third-order valence-corrected chi connectivity index (χ3v) is 8.31. The van der Waals surface area contributed by atoms with Crippen molar-refractivity contribution in [1.29, 1.82) is 0 Å². The molecule has 0 bridgehead atoms. The number of unbranched alkanes of at least 4 members (excludes halogenated alkanes) is 2. The Labute approximate surface area is 238 Å². The zero-order valence-electron chi connectivity index (χ0n) is 23.9. The van der Waals surface area contributed by atoms with Gasteiger partial charge < -0.3 is 34.9 Å². The van der Waals surface area contributed by atoms with E-state index in [2.05, 4.69) is 21.7 Å². The lowest BCUT2D eigenvalue weighted by atomic mass is 10.1. The van der Waals surface area contributed by atoms with E-state index in [1.807, 2.05) is 13.8 Å². The van der Waals surface area contributed by atoms with E-state index in [9.17, 15) is 29.2 Å². The van der Waals surface area contributed by atoms with Crippen molar-refractivity contribution < 1.29 is 43.3 Å². The molecule has 0 aromatic carbocycles. The smallest absolute Gasteiger partial charge is 0.351 e. The molecule has 15 nitrogen and oxygen atoms in total. The average molecular weight is 604 g/mol. The van der Waals surface area contributed by atoms with Crippen molar-refractivity contribution in [3.63, 3.8) is 0 Å². The van der Waals surface area contributed by atoms with E-state index in [4.69, 9.17) is 24.7 Å². The maximum Gasteiger partial charge on any atom is 0.351 e. The molecule has 41 heavy (non-hydrogen) atoms. The molecule has 2 heterocycles. The quantitative estimate of drug-likeness (QED) is 0.0720. The molecule has 0 amide bonds. The third-order valence-electron chi connectivity index (χ3n) is 6.21. The zero-order valence-corrected chi connectivity index (χ0v) is 24.7. The predicted octanol–water partition coefficient (Wildman–Crippen LogP) is 0.768. The SMILES string of the molecule is C=C[C@]1(OCP(=O)(N[C@@H](C)C(=O)OCCCC)N[C@@H](C)C(=O)OCCCC)O[C@@H](n2ccc(N)nc2=O)[C@H](O)[C@@H]1O. The molecule has 0 radical (unpaired) electrons. The summed E-state index contributed by atoms with van der Waals surface area (Å²) < 4.78 is 36.9. The van der Waals surface area contributed by atoms with Gasteiger partial charge in [-0.15, -0.1) is 0 Å². The van der Waals surface area contributed by atoms with Crippen molar-refractivity contribution in [2.45, 2.75) is 89.7 Å². The van der Waals surface area contributed by atoms with E-state index >= 15 is 0 Å². The van der Waals surface area contributed by atoms with Gasteiger partial charge in [0.25, 0.3) is 0 Å². The fraction of sp³-hybridized carbons (Fsp3) is 0.680. The number of nitrogen functional groups attached to an aromatic ring is 1. The van der Waals surface area contributed by atoms with Crippen molar-refractivity contribution in [1.82, 2.24) is 19.7 Å². The molecule has 0 saturated carbocycles. The Balaban J connectivity index is 2.28. The number of hydrogen-bond donors (Lipinski definition) is 5. The summed E-state index contributed by atoms with van der Waals surface area (Å²) in [4.78, 5) is 40.9. The Morgan fingerprint density at radius 3 is 2.20 bits per heavy atom. The molecule has 6 N–H and O–H groups in total. The van der Waals surface area contributed by atoms with Crippen LogP contribution in [0.5, 0.6) is 0 Å². The van der Waals surface area contributed by atoms with E-state index in [1.165, 1.54) is 26.1 Å². The van der Waals surface area contributed by atoms with E-state index in [-0.39, 0.29) is 19.0 Å². The molecular weight excluding hydrogens is 561 g/mol. The van der Waals surface area contributed by atoms with Crippen molar-refractivity contribution in [2.24, 2.45) is 0 Å². The first-order valence-electron chi connectivity index (χ1n) is 13.5. The molecule has 0 unspecified atom stereocenters. The number of nitrogens with one attached hydrogen (secondary N) is 2. The highest BCUT2D eigenvalue weighted by atomic mass is 31.2. The van der Waals surface area contributed by atoms with Crippen LogP contribution in [-0.4, -0.2) is 81.3 Å². The largest absolute Gasteiger partial charge is 0.465 e. The van der Waals surface area contributed by atoms with E-state index < -0.39 is 67.7 Å². The van der Waals surface area contributed by atoms with Gasteiger partial charge in [-0.1, -0.05) is 33.3 Å². The zero-order chi connectivity index (χ0) is 30.8. The summed E-state index contributed by atoms with van der Waals surface area (Å²) in [5.74, 6) is -3.58. The second-order valence-electron chi connectivity index (χ2n) is 9.67. The van der Waals surface area contributed by atoms with Crippen molar-refractivity contribution >= 4 is 25.2 Å². The van der Waals surface area contributed by atoms with Gasteiger partial charge >= 0.3 is 17.6 Å². The minimum absolute atomic E-state index is 0.0618. The topological polar surface area (TPSA) is 214 Å². The third kappa shape index (κ3) is 9.17. The number of carbonyl (C=O) groups is 2. The number of carbonyl (C=O) groups excluding carboxylic acids is 2. The second-order valence-corrected chi connectivity index (χ2v) is 11.9. The van der Waals surface area contributed by atoms with Crippen LogP contribution in [0.3, 0.4) is 0 Å². The fourth-order valence-electron chi connectivity index (χ4n) is 3.83. The van der Waals surface area contributed by atoms with Gasteiger partial charge in [0.2, 0.25) is 13.2 Å². The number of nitrogens with two attached hydrogens (primary N) is 1. The molecule has 232 valence electrons. The molecule has 1 aromatic rings. The summed E-state index contributed by atoms with van der Waals surface area (Å²) in [6.07, 6.45) is -0.575. The monoisotopic (exact) mass is 603 g/mol. The Hall–Kier alpha value is -2.65. The Morgan fingerprint density at radius 1 is 1.20 bits per heavy atom. The molecular formula is C25H42N5O10P. The van der Waals surface area contributed by atoms with Gasteiger partial charge in [-0.2, -0.15) is 4.98 Å². The van der Waals surface area contributed by atoms with Crippen LogP contribution in [0.25, 0.3) is 0 Å². The summed E-state index contributed by atoms with van der Waals surface area (Å²) in [6.45, 7) is 10.7. The lowest BCUT2D eigenvalue weighted by Gasteiger charge is -2.32. The lowest BCUT2D eigenvalue weighted by Crippen LogP contribution is -2.47. The van der Waals surface area contributed by atoms with E-state index in [0.717, 1.165) is 23.5 Å². The normalized spacial score (nSPS) is 24.0. The first-order chi connectivity index (χ1) is 19.3. The highest BCUT2D eigenvalue weighted by molar-refractivity contribution is 7.59. The minimum Gasteiger partial charge on any atom is -0.465 e. The van der Waals surface area contributed by atoms with Gasteiger partial charge in [-0.3, -0.25) is 18.7 Å². The highest BCUT2D eigenvalue weighted by Crippen LogP contribution is 2.44. The van der Waals surface area contributed by atoms with Gasteiger partial charge in [0.05, 0.1) is 13.2 Å². The van der Waals surface area contributed by atoms with E-state index in [0.29, 0.717) is 12.8 Å². The van der Waals surface area contributed by atoms with Crippen molar-refractivity contribution in [2.75, 3.05) is 25.3 Å². The Morgan fingerprint density at radius 2 is 1.73 bits per heavy atom. The number of esters is 2. The first-order valence-corrected chi connectivity index (χ1v) is 15.4. The highest BCUT2D eigenvalue weighted by Gasteiger charge is 2.55. The number of hydrogen-bond acceptors (Lipinski definition) is 12. The number of ether oxygens (including phenoxy) is 4. The number of aromatic nitrogens is 2. The van der Waals surface area contributed by atoms with Crippen LogP contribution >= 0.6 is 7.44 Å². The number of aliphatic hydroxyl groups excluding tert-OH is 2. The molecule has 0 spiro atoms. The molecule has 1 aliphatic rings. The lowest BCUT2D eigenvalue weighted by molar-refractivity contribution is -0.227. The van der Waals surface area contributed by atoms with Crippen molar-refractivity contribution in [3.05, 3.63) is 35.4 Å². The standard InChI is InChI=1S/C25H42N5O10P/c1-6-9-13-37-22(33)16(4)28-41(36,29-17(5)23(34)38-14-10-7-2)15-39-25(8-3)20(32)19(31)21(40-25)30-12-11-18(26)27-24(30)35/h8,11-12,16-17,19-21,31-32H,3,6-7,9-10,13-15H2,1-2,4-5H3,(H2,26,27,35)(H2,28,29,36)/t16-,17-,19+,20-,21+,25-/m0/s1. The molecule has 2 rings (SSSR count). The average Bonchev–Trinajstić information content (AvgIpc) is 3.17. The summed E-state index contributed by atoms with van der Waals surface area (Å²) in [5.41, 5.74) is 4.66. The molecule has 1 aliphatic heterocycles. The van der Waals surface area contributed by atoms with Gasteiger partial charge in [0.1, 0.15) is 36.5 Å². The summed E-state index contributed by atoms with van der Waals surface area (Å²) in [5, 5.41) is 26.8. The molecule has 1 saturated heterocycles. The van der Waals surface area contributed by atoms with Gasteiger partial charge in [0, 0.05) is 6.20 Å². The summed E-state index contributed by atoms with van der Waals surface area (Å²) in [6, 6.07) is -0.893. The predicted molar refractivity (Wildman–Crippen MR) is 148 cm³/mol. The van der Waals surface area contributed by atoms with Gasteiger partial charge in [-0.25, -0.2) is 15.0 Å². The molecule has 6 atom stereocenters. The number of rotatable bonds is 17. The molecule has 16 heteroatoms. The maximum absolute atomic E-state index is 14.1. The number of aliphatic hydroxyl groups is 2. The molecule has 0 aliphatic carbocycles. The van der Waals surface area contributed by atoms with Gasteiger partial charge in [0.15, 0.2) is 6.23 Å². The van der Waals surface area contributed by atoms with Crippen LogP contribution in [0.4, 0.5) is 5.82 Å². The number of anilines is 1. The Bertz CT molecular complexity index is 1120. The first kappa shape index (κ1) is 34.6. The molecule has 1 fully saturated rings. The van der Waals surface area contributed by atoms with Crippen LogP contribution in [0.1, 0.15) is 59.6 Å². The van der Waals surface area contributed by atoms with E-state index in [1.54, 1.807) is 0 Å². The minimum atomic E-state index is -4.02. The van der Waals surface area contributed by atoms with Crippen LogP contribution in [0.2, 0.25) is 0 Å². The van der Waals surface area contributed by atoms with Crippen LogP contribution in [-0.2, 0) is 33.1 Å². The van der Waals surface area contributed by atoms with Crippen LogP contribution in [0.15, 0.2) is 29.7 Å². The van der Waals surface area contributed by atoms with Gasteiger partial charge in [-0.05, 0) is 38.8 Å². The second kappa shape index (κ2) is 15.5. The van der Waals surface area contributed by atoms with Crippen LogP contribution < -0.4 is 21.6 Å². The van der Waals surface area contributed by atoms with Crippen LogP contribution in [0, 0.1) is 0 Å². The van der Waals surface area contributed by atoms with Crippen molar-refractivity contribution in [3.8, 4) is 0 Å². The molecule has 1 aromatic heterocycles. The number of nitrogens with zero attached hydrogens (tertiary/aromatic N) is 2. The maximum atomic E-state index is 14.1.